The zero-order chi connectivity index (χ0) is 12.3. The van der Waals surface area contributed by atoms with Crippen LogP contribution in [0.3, 0.4) is 0 Å². The largest absolute Gasteiger partial charge is 0.377 e. The molecule has 0 aromatic heterocycles. The number of benzene rings is 1. The lowest BCUT2D eigenvalue weighted by Gasteiger charge is -2.40. The molecular weight excluding hydrogens is 257 g/mol. The summed E-state index contributed by atoms with van der Waals surface area (Å²) in [7, 11) is 1.79. The molecule has 1 aromatic carbocycles. The molecule has 0 atom stereocenters. The molecule has 0 saturated heterocycles. The molecule has 0 spiro atoms. The third kappa shape index (κ3) is 3.35. The zero-order valence-corrected chi connectivity index (χ0v) is 11.4. The van der Waals surface area contributed by atoms with E-state index in [1.54, 1.807) is 13.2 Å². The lowest BCUT2D eigenvalue weighted by atomic mass is 9.80. The van der Waals surface area contributed by atoms with E-state index in [4.69, 9.17) is 27.9 Å². The van der Waals surface area contributed by atoms with E-state index in [2.05, 4.69) is 5.32 Å². The molecule has 1 aliphatic rings. The third-order valence-electron chi connectivity index (χ3n) is 3.40. The van der Waals surface area contributed by atoms with E-state index in [9.17, 15) is 0 Å². The van der Waals surface area contributed by atoms with Crippen molar-refractivity contribution in [3.63, 3.8) is 0 Å². The second-order valence-electron chi connectivity index (χ2n) is 4.62. The van der Waals surface area contributed by atoms with Gasteiger partial charge in [0.25, 0.3) is 0 Å². The van der Waals surface area contributed by atoms with Gasteiger partial charge in [-0.15, -0.1) is 0 Å². The molecule has 0 amide bonds. The van der Waals surface area contributed by atoms with Crippen molar-refractivity contribution >= 4 is 23.2 Å². The number of nitrogens with one attached hydrogen (secondary N) is 1. The fourth-order valence-electron chi connectivity index (χ4n) is 2.17. The van der Waals surface area contributed by atoms with Crippen LogP contribution in [0.2, 0.25) is 10.0 Å². The van der Waals surface area contributed by atoms with Crippen LogP contribution in [0.5, 0.6) is 0 Å². The van der Waals surface area contributed by atoms with Gasteiger partial charge < -0.3 is 10.1 Å². The Morgan fingerprint density at radius 2 is 1.88 bits per heavy atom. The SMILES string of the molecule is COC1(CNCc2cc(Cl)cc(Cl)c2)CCC1. The molecule has 0 radical (unpaired) electrons. The number of methoxy groups -OCH3 is 1. The first-order valence-corrected chi connectivity index (χ1v) is 6.60. The van der Waals surface area contributed by atoms with Crippen LogP contribution >= 0.6 is 23.2 Å². The van der Waals surface area contributed by atoms with Crippen LogP contribution in [0.1, 0.15) is 24.8 Å². The Bertz CT molecular complexity index is 365. The second-order valence-corrected chi connectivity index (χ2v) is 5.49. The van der Waals surface area contributed by atoms with Gasteiger partial charge in [-0.05, 0) is 43.0 Å². The maximum atomic E-state index is 5.95. The van der Waals surface area contributed by atoms with E-state index in [0.717, 1.165) is 31.5 Å². The van der Waals surface area contributed by atoms with Gasteiger partial charge in [0.05, 0.1) is 5.60 Å². The number of halogens is 2. The highest BCUT2D eigenvalue weighted by atomic mass is 35.5. The van der Waals surface area contributed by atoms with E-state index in [1.807, 2.05) is 12.1 Å². The minimum Gasteiger partial charge on any atom is -0.377 e. The molecule has 94 valence electrons. The monoisotopic (exact) mass is 273 g/mol. The van der Waals surface area contributed by atoms with E-state index >= 15 is 0 Å². The maximum absolute atomic E-state index is 5.95. The summed E-state index contributed by atoms with van der Waals surface area (Å²) in [6.07, 6.45) is 3.55. The van der Waals surface area contributed by atoms with Gasteiger partial charge in [0.2, 0.25) is 0 Å². The van der Waals surface area contributed by atoms with Crippen molar-refractivity contribution in [2.75, 3.05) is 13.7 Å². The summed E-state index contributed by atoms with van der Waals surface area (Å²) in [5, 5.41) is 4.77. The average molecular weight is 274 g/mol. The van der Waals surface area contributed by atoms with Gasteiger partial charge in [0.15, 0.2) is 0 Å². The van der Waals surface area contributed by atoms with E-state index in [0.29, 0.717) is 10.0 Å². The van der Waals surface area contributed by atoms with Crippen LogP contribution in [-0.4, -0.2) is 19.3 Å². The Balaban J connectivity index is 1.85. The fourth-order valence-corrected chi connectivity index (χ4v) is 2.74. The van der Waals surface area contributed by atoms with Crippen molar-refractivity contribution in [2.45, 2.75) is 31.4 Å². The van der Waals surface area contributed by atoms with Crippen molar-refractivity contribution in [1.29, 1.82) is 0 Å². The Hall–Kier alpha value is -0.280. The second kappa shape index (κ2) is 5.57. The van der Waals surface area contributed by atoms with Crippen LogP contribution < -0.4 is 5.32 Å². The van der Waals surface area contributed by atoms with Crippen LogP contribution in [0, 0.1) is 0 Å². The van der Waals surface area contributed by atoms with Crippen molar-refractivity contribution in [1.82, 2.24) is 5.32 Å². The molecule has 0 unspecified atom stereocenters. The van der Waals surface area contributed by atoms with Gasteiger partial charge in [-0.1, -0.05) is 23.2 Å². The molecule has 2 nitrogen and oxygen atoms in total. The lowest BCUT2D eigenvalue weighted by molar-refractivity contribution is -0.0695. The van der Waals surface area contributed by atoms with Gasteiger partial charge in [0, 0.05) is 30.2 Å². The van der Waals surface area contributed by atoms with Crippen molar-refractivity contribution < 1.29 is 4.74 Å². The smallest absolute Gasteiger partial charge is 0.0802 e. The van der Waals surface area contributed by atoms with E-state index < -0.39 is 0 Å². The molecule has 2 rings (SSSR count). The normalized spacial score (nSPS) is 17.8. The highest BCUT2D eigenvalue weighted by Gasteiger charge is 2.36. The van der Waals surface area contributed by atoms with Gasteiger partial charge in [-0.2, -0.15) is 0 Å². The van der Waals surface area contributed by atoms with Crippen LogP contribution in [0.25, 0.3) is 0 Å². The minimum atomic E-state index is 0.0579. The first kappa shape index (κ1) is 13.2. The highest BCUT2D eigenvalue weighted by molar-refractivity contribution is 6.34. The topological polar surface area (TPSA) is 21.3 Å². The molecule has 1 aliphatic carbocycles. The van der Waals surface area contributed by atoms with Crippen LogP contribution in [0.4, 0.5) is 0 Å². The van der Waals surface area contributed by atoms with Crippen molar-refractivity contribution in [3.8, 4) is 0 Å². The predicted octanol–water partition coefficient (Wildman–Crippen LogP) is 3.65. The summed E-state index contributed by atoms with van der Waals surface area (Å²) in [6, 6.07) is 5.61. The zero-order valence-electron chi connectivity index (χ0n) is 9.93. The average Bonchev–Trinajstić information content (AvgIpc) is 2.20. The molecule has 17 heavy (non-hydrogen) atoms. The summed E-state index contributed by atoms with van der Waals surface area (Å²) in [4.78, 5) is 0. The van der Waals surface area contributed by atoms with Crippen molar-refractivity contribution in [2.24, 2.45) is 0 Å². The van der Waals surface area contributed by atoms with Gasteiger partial charge >= 0.3 is 0 Å². The predicted molar refractivity (Wildman–Crippen MR) is 71.8 cm³/mol. The Morgan fingerprint density at radius 3 is 2.35 bits per heavy atom. The standard InChI is InChI=1S/C13H17Cl2NO/c1-17-13(3-2-4-13)9-16-8-10-5-11(14)7-12(15)6-10/h5-7,16H,2-4,8-9H2,1H3. The van der Waals surface area contributed by atoms with Crippen LogP contribution in [0.15, 0.2) is 18.2 Å². The van der Waals surface area contributed by atoms with Gasteiger partial charge in [-0.3, -0.25) is 0 Å². The molecular formula is C13H17Cl2NO. The van der Waals surface area contributed by atoms with Crippen LogP contribution in [-0.2, 0) is 11.3 Å². The summed E-state index contributed by atoms with van der Waals surface area (Å²) in [5.41, 5.74) is 1.16. The van der Waals surface area contributed by atoms with Crippen molar-refractivity contribution in [3.05, 3.63) is 33.8 Å². The summed E-state index contributed by atoms with van der Waals surface area (Å²) in [5.74, 6) is 0. The Kier molecular flexibility index (Phi) is 4.31. The summed E-state index contributed by atoms with van der Waals surface area (Å²) < 4.78 is 5.54. The molecule has 4 heteroatoms. The van der Waals surface area contributed by atoms with E-state index in [-0.39, 0.29) is 5.60 Å². The molecule has 1 aromatic rings. The number of hydrogen-bond donors (Lipinski definition) is 1. The summed E-state index contributed by atoms with van der Waals surface area (Å²) in [6.45, 7) is 1.65. The number of hydrogen-bond acceptors (Lipinski definition) is 2. The number of rotatable bonds is 5. The molecule has 0 aliphatic heterocycles. The molecule has 1 fully saturated rings. The van der Waals surface area contributed by atoms with E-state index in [1.165, 1.54) is 6.42 Å². The third-order valence-corrected chi connectivity index (χ3v) is 3.83. The first-order chi connectivity index (χ1) is 8.13. The first-order valence-electron chi connectivity index (χ1n) is 5.84. The Labute approximate surface area is 112 Å². The molecule has 0 heterocycles. The van der Waals surface area contributed by atoms with Gasteiger partial charge in [-0.25, -0.2) is 0 Å². The quantitative estimate of drug-likeness (QED) is 0.884. The molecule has 1 N–H and O–H groups in total. The maximum Gasteiger partial charge on any atom is 0.0802 e. The molecule has 1 saturated carbocycles. The van der Waals surface area contributed by atoms with Gasteiger partial charge in [0.1, 0.15) is 0 Å². The number of ether oxygens (including phenoxy) is 1. The molecule has 0 bridgehead atoms. The Morgan fingerprint density at radius 1 is 1.24 bits per heavy atom. The summed E-state index contributed by atoms with van der Waals surface area (Å²) >= 11 is 11.9. The minimum absolute atomic E-state index is 0.0579. The highest BCUT2D eigenvalue weighted by Crippen LogP contribution is 2.34. The fraction of sp³-hybridized carbons (Fsp3) is 0.538. The lowest BCUT2D eigenvalue weighted by Crippen LogP contribution is -2.47.